The summed E-state index contributed by atoms with van der Waals surface area (Å²) in [7, 11) is 1.68. The summed E-state index contributed by atoms with van der Waals surface area (Å²) in [5.41, 5.74) is 5.05. The summed E-state index contributed by atoms with van der Waals surface area (Å²) < 4.78 is 13.6. The van der Waals surface area contributed by atoms with Gasteiger partial charge in [0.1, 0.15) is 17.8 Å². The standard InChI is InChI=1S/C30H22N4O2/c1-35-22-14-11-21(12-15-22)26-27-23-10-6-5-9-20(23)13-16-24(27)36-30-28(26)29-32-25(33-34(29)18-31-30)17-19-7-3-2-4-8-19/h2-16,18,26H,17H2,1H3. The van der Waals surface area contributed by atoms with Crippen LogP contribution >= 0.6 is 0 Å². The monoisotopic (exact) mass is 470 g/mol. The lowest BCUT2D eigenvalue weighted by molar-refractivity contribution is 0.414. The van der Waals surface area contributed by atoms with Crippen LogP contribution in [0.25, 0.3) is 16.4 Å². The maximum Gasteiger partial charge on any atom is 0.228 e. The molecule has 36 heavy (non-hydrogen) atoms. The van der Waals surface area contributed by atoms with Gasteiger partial charge in [-0.2, -0.15) is 0 Å². The number of hydrogen-bond donors (Lipinski definition) is 0. The quantitative estimate of drug-likeness (QED) is 0.308. The van der Waals surface area contributed by atoms with Crippen LogP contribution in [0.4, 0.5) is 0 Å². The summed E-state index contributed by atoms with van der Waals surface area (Å²) in [6.07, 6.45) is 2.33. The van der Waals surface area contributed by atoms with Gasteiger partial charge in [0.15, 0.2) is 11.5 Å². The minimum atomic E-state index is -0.134. The minimum Gasteiger partial charge on any atom is -0.497 e. The Hall–Kier alpha value is -4.71. The van der Waals surface area contributed by atoms with Crippen molar-refractivity contribution in [2.24, 2.45) is 0 Å². The average molecular weight is 471 g/mol. The molecule has 0 saturated heterocycles. The van der Waals surface area contributed by atoms with Gasteiger partial charge in [-0.25, -0.2) is 14.5 Å². The Morgan fingerprint density at radius 3 is 2.50 bits per heavy atom. The first-order valence-corrected chi connectivity index (χ1v) is 11.9. The van der Waals surface area contributed by atoms with Crippen molar-refractivity contribution in [1.29, 1.82) is 0 Å². The molecule has 0 N–H and O–H groups in total. The second kappa shape index (κ2) is 8.20. The molecule has 1 aliphatic rings. The molecule has 4 aromatic carbocycles. The molecule has 1 aliphatic heterocycles. The molecular formula is C30H22N4O2. The molecule has 6 nitrogen and oxygen atoms in total. The zero-order chi connectivity index (χ0) is 24.1. The number of methoxy groups -OCH3 is 1. The number of fused-ring (bicyclic) bond motifs is 6. The Morgan fingerprint density at radius 2 is 1.67 bits per heavy atom. The molecule has 7 rings (SSSR count). The van der Waals surface area contributed by atoms with Crippen LogP contribution < -0.4 is 9.47 Å². The molecule has 2 aromatic heterocycles. The molecule has 6 heteroatoms. The average Bonchev–Trinajstić information content (AvgIpc) is 3.35. The second-order valence-corrected chi connectivity index (χ2v) is 8.93. The molecule has 6 aromatic rings. The number of ether oxygens (including phenoxy) is 2. The molecule has 0 saturated carbocycles. The Kier molecular flexibility index (Phi) is 4.70. The normalized spacial score (nSPS) is 14.3. The number of hydrogen-bond acceptors (Lipinski definition) is 5. The van der Waals surface area contributed by atoms with Crippen molar-refractivity contribution in [3.05, 3.63) is 125 Å². The van der Waals surface area contributed by atoms with Gasteiger partial charge < -0.3 is 9.47 Å². The number of rotatable bonds is 4. The van der Waals surface area contributed by atoms with Crippen LogP contribution in [-0.2, 0) is 6.42 Å². The molecule has 1 unspecified atom stereocenters. The smallest absolute Gasteiger partial charge is 0.228 e. The molecule has 0 radical (unpaired) electrons. The van der Waals surface area contributed by atoms with Gasteiger partial charge in [-0.05, 0) is 40.1 Å². The van der Waals surface area contributed by atoms with Gasteiger partial charge in [0, 0.05) is 17.9 Å². The predicted molar refractivity (Wildman–Crippen MR) is 138 cm³/mol. The summed E-state index contributed by atoms with van der Waals surface area (Å²) >= 11 is 0. The molecule has 0 fully saturated rings. The number of nitrogens with zero attached hydrogens (tertiary/aromatic N) is 4. The first-order chi connectivity index (χ1) is 17.8. The van der Waals surface area contributed by atoms with Gasteiger partial charge in [-0.3, -0.25) is 0 Å². The highest BCUT2D eigenvalue weighted by atomic mass is 16.5. The Bertz CT molecular complexity index is 1730. The SMILES string of the molecule is COc1ccc(C2c3c(ccc4ccccc34)Oc3ncn4nc(Cc5ccccc5)nc4c32)cc1. The third-order valence-corrected chi connectivity index (χ3v) is 6.80. The lowest BCUT2D eigenvalue weighted by Gasteiger charge is -2.29. The van der Waals surface area contributed by atoms with Crippen molar-refractivity contribution in [2.75, 3.05) is 7.11 Å². The zero-order valence-corrected chi connectivity index (χ0v) is 19.6. The van der Waals surface area contributed by atoms with E-state index in [-0.39, 0.29) is 5.92 Å². The Balaban J connectivity index is 1.47. The fourth-order valence-electron chi connectivity index (χ4n) is 5.13. The van der Waals surface area contributed by atoms with Gasteiger partial charge >= 0.3 is 0 Å². The lowest BCUT2D eigenvalue weighted by atomic mass is 9.81. The summed E-state index contributed by atoms with van der Waals surface area (Å²) in [4.78, 5) is 9.66. The predicted octanol–water partition coefficient (Wildman–Crippen LogP) is 6.16. The van der Waals surface area contributed by atoms with E-state index in [1.165, 1.54) is 0 Å². The van der Waals surface area contributed by atoms with Crippen molar-refractivity contribution < 1.29 is 9.47 Å². The lowest BCUT2D eigenvalue weighted by Crippen LogP contribution is -2.15. The highest BCUT2D eigenvalue weighted by Gasteiger charge is 2.34. The summed E-state index contributed by atoms with van der Waals surface area (Å²) in [6, 6.07) is 31.0. The van der Waals surface area contributed by atoms with Crippen LogP contribution in [0, 0.1) is 0 Å². The van der Waals surface area contributed by atoms with Crippen LogP contribution in [0.5, 0.6) is 17.4 Å². The minimum absolute atomic E-state index is 0.134. The summed E-state index contributed by atoms with van der Waals surface area (Å²) in [5, 5.41) is 7.06. The van der Waals surface area contributed by atoms with Gasteiger partial charge in [-0.15, -0.1) is 5.10 Å². The van der Waals surface area contributed by atoms with Crippen LogP contribution in [0.3, 0.4) is 0 Å². The number of aromatic nitrogens is 4. The van der Waals surface area contributed by atoms with Crippen LogP contribution in [0.2, 0.25) is 0 Å². The van der Waals surface area contributed by atoms with Gasteiger partial charge in [0.05, 0.1) is 12.7 Å². The summed E-state index contributed by atoms with van der Waals surface area (Å²) in [5.74, 6) is 2.79. The van der Waals surface area contributed by atoms with Gasteiger partial charge in [0.2, 0.25) is 5.88 Å². The largest absolute Gasteiger partial charge is 0.497 e. The van der Waals surface area contributed by atoms with Crippen molar-refractivity contribution in [3.8, 4) is 17.4 Å². The van der Waals surface area contributed by atoms with E-state index < -0.39 is 0 Å². The molecule has 3 heterocycles. The third kappa shape index (κ3) is 3.30. The third-order valence-electron chi connectivity index (χ3n) is 6.80. The van der Waals surface area contributed by atoms with E-state index in [0.29, 0.717) is 12.3 Å². The van der Waals surface area contributed by atoms with E-state index in [9.17, 15) is 0 Å². The highest BCUT2D eigenvalue weighted by Crippen LogP contribution is 2.50. The van der Waals surface area contributed by atoms with Crippen LogP contribution in [0.15, 0.2) is 97.3 Å². The van der Waals surface area contributed by atoms with E-state index in [0.717, 1.165) is 56.0 Å². The maximum atomic E-state index is 6.40. The Morgan fingerprint density at radius 1 is 0.861 bits per heavy atom. The van der Waals surface area contributed by atoms with Crippen molar-refractivity contribution in [1.82, 2.24) is 19.6 Å². The number of benzene rings is 4. The van der Waals surface area contributed by atoms with E-state index in [1.807, 2.05) is 36.4 Å². The van der Waals surface area contributed by atoms with Crippen molar-refractivity contribution in [3.63, 3.8) is 0 Å². The van der Waals surface area contributed by atoms with E-state index >= 15 is 0 Å². The summed E-state index contributed by atoms with van der Waals surface area (Å²) in [6.45, 7) is 0. The van der Waals surface area contributed by atoms with E-state index in [2.05, 4.69) is 59.6 Å². The fraction of sp³-hybridized carbons (Fsp3) is 0.100. The van der Waals surface area contributed by atoms with Crippen molar-refractivity contribution in [2.45, 2.75) is 12.3 Å². The van der Waals surface area contributed by atoms with E-state index in [1.54, 1.807) is 18.0 Å². The molecule has 0 aliphatic carbocycles. The van der Waals surface area contributed by atoms with Crippen molar-refractivity contribution >= 4 is 16.4 Å². The molecular weight excluding hydrogens is 448 g/mol. The molecule has 1 atom stereocenters. The topological polar surface area (TPSA) is 61.5 Å². The van der Waals surface area contributed by atoms with E-state index in [4.69, 9.17) is 19.6 Å². The molecule has 0 amide bonds. The zero-order valence-electron chi connectivity index (χ0n) is 19.6. The first-order valence-electron chi connectivity index (χ1n) is 11.9. The maximum absolute atomic E-state index is 6.40. The van der Waals surface area contributed by atoms with Crippen LogP contribution in [-0.4, -0.2) is 26.7 Å². The second-order valence-electron chi connectivity index (χ2n) is 8.93. The van der Waals surface area contributed by atoms with Gasteiger partial charge in [-0.1, -0.05) is 72.8 Å². The Labute approximate surface area is 207 Å². The highest BCUT2D eigenvalue weighted by molar-refractivity contribution is 5.90. The fourth-order valence-corrected chi connectivity index (χ4v) is 5.13. The molecule has 0 spiro atoms. The first kappa shape index (κ1) is 20.6. The van der Waals surface area contributed by atoms with Gasteiger partial charge in [0.25, 0.3) is 0 Å². The molecule has 0 bridgehead atoms. The van der Waals surface area contributed by atoms with Crippen LogP contribution in [0.1, 0.15) is 34.0 Å². The molecule has 174 valence electrons.